The molecule has 0 radical (unpaired) electrons. The molecule has 104 valence electrons. The molecular weight excluding hydrogens is 266 g/mol. The minimum absolute atomic E-state index is 0.0447. The summed E-state index contributed by atoms with van der Waals surface area (Å²) in [4.78, 5) is 15.8. The van der Waals surface area contributed by atoms with Crippen LogP contribution in [0.15, 0.2) is 14.5 Å². The van der Waals surface area contributed by atoms with Gasteiger partial charge in [-0.25, -0.2) is 9.89 Å². The number of unbranched alkanes of at least 4 members (excludes halogenated alkanes) is 1. The Bertz CT molecular complexity index is 588. The number of nitrogens with one attached hydrogen (secondary N) is 1. The molecule has 0 aromatic carbocycles. The molecule has 1 N–H and O–H groups in total. The van der Waals surface area contributed by atoms with Gasteiger partial charge in [0.15, 0.2) is 11.0 Å². The van der Waals surface area contributed by atoms with Crippen LogP contribution in [0.4, 0.5) is 0 Å². The summed E-state index contributed by atoms with van der Waals surface area (Å²) >= 11 is 1.43. The monoisotopic (exact) mass is 283 g/mol. The van der Waals surface area contributed by atoms with Gasteiger partial charge in [0.05, 0.1) is 5.25 Å². The number of hydrogen-bond donors (Lipinski definition) is 1. The second-order valence-electron chi connectivity index (χ2n) is 4.26. The normalized spacial score (nSPS) is 12.8. The van der Waals surface area contributed by atoms with Crippen molar-refractivity contribution in [1.29, 1.82) is 0 Å². The Balaban J connectivity index is 2.12. The first kappa shape index (κ1) is 13.9. The fraction of sp³-hybridized carbons (Fsp3) is 0.636. The Morgan fingerprint density at radius 3 is 2.95 bits per heavy atom. The molecule has 0 unspecified atom stereocenters. The molecule has 0 amide bonds. The van der Waals surface area contributed by atoms with Crippen LogP contribution in [0.3, 0.4) is 0 Å². The van der Waals surface area contributed by atoms with Crippen molar-refractivity contribution in [3.8, 4) is 0 Å². The third kappa shape index (κ3) is 3.25. The fourth-order valence-electron chi connectivity index (χ4n) is 1.59. The van der Waals surface area contributed by atoms with E-state index < -0.39 is 0 Å². The summed E-state index contributed by atoms with van der Waals surface area (Å²) in [6, 6.07) is 0. The van der Waals surface area contributed by atoms with Crippen LogP contribution in [0.2, 0.25) is 0 Å². The van der Waals surface area contributed by atoms with E-state index >= 15 is 0 Å². The predicted molar refractivity (Wildman–Crippen MR) is 71.1 cm³/mol. The van der Waals surface area contributed by atoms with E-state index in [0.717, 1.165) is 12.8 Å². The molecular formula is C11H17N5O2S. The van der Waals surface area contributed by atoms with Gasteiger partial charge in [-0.2, -0.15) is 4.98 Å². The van der Waals surface area contributed by atoms with E-state index in [-0.39, 0.29) is 10.9 Å². The first-order valence-electron chi connectivity index (χ1n) is 6.24. The van der Waals surface area contributed by atoms with E-state index in [4.69, 9.17) is 4.52 Å². The molecule has 2 rings (SSSR count). The summed E-state index contributed by atoms with van der Waals surface area (Å²) in [6.07, 6.45) is 1.97. The van der Waals surface area contributed by atoms with Crippen molar-refractivity contribution in [3.05, 3.63) is 22.2 Å². The average Bonchev–Trinajstić information content (AvgIpc) is 2.95. The molecule has 8 heteroatoms. The van der Waals surface area contributed by atoms with E-state index in [1.807, 2.05) is 6.92 Å². The molecule has 19 heavy (non-hydrogen) atoms. The number of hydrogen-bond acceptors (Lipinski definition) is 6. The Morgan fingerprint density at radius 1 is 1.53 bits per heavy atom. The molecule has 7 nitrogen and oxygen atoms in total. The fourth-order valence-corrected chi connectivity index (χ4v) is 2.51. The number of aromatic nitrogens is 5. The molecule has 0 aliphatic carbocycles. The SMILES string of the molecule is CCCCn1c(S[C@H](C)c2nc(C)no2)n[nH]c1=O. The van der Waals surface area contributed by atoms with Gasteiger partial charge in [-0.1, -0.05) is 30.3 Å². The van der Waals surface area contributed by atoms with Crippen molar-refractivity contribution in [3.63, 3.8) is 0 Å². The number of aryl methyl sites for hydroxylation is 1. The summed E-state index contributed by atoms with van der Waals surface area (Å²) < 4.78 is 6.77. The molecule has 2 aromatic rings. The Hall–Kier alpha value is -1.57. The van der Waals surface area contributed by atoms with Crippen molar-refractivity contribution >= 4 is 11.8 Å². The highest BCUT2D eigenvalue weighted by Gasteiger charge is 2.18. The Morgan fingerprint density at radius 2 is 2.32 bits per heavy atom. The maximum absolute atomic E-state index is 11.6. The van der Waals surface area contributed by atoms with Crippen LogP contribution in [0.1, 0.15) is 43.7 Å². The van der Waals surface area contributed by atoms with Crippen molar-refractivity contribution in [1.82, 2.24) is 24.9 Å². The van der Waals surface area contributed by atoms with Crippen molar-refractivity contribution in [2.45, 2.75) is 50.6 Å². The first-order chi connectivity index (χ1) is 9.11. The van der Waals surface area contributed by atoms with Crippen LogP contribution in [0.25, 0.3) is 0 Å². The zero-order valence-electron chi connectivity index (χ0n) is 11.2. The minimum Gasteiger partial charge on any atom is -0.338 e. The van der Waals surface area contributed by atoms with E-state index in [0.29, 0.717) is 23.4 Å². The topological polar surface area (TPSA) is 89.6 Å². The lowest BCUT2D eigenvalue weighted by Crippen LogP contribution is -2.17. The van der Waals surface area contributed by atoms with E-state index in [2.05, 4.69) is 27.3 Å². The lowest BCUT2D eigenvalue weighted by molar-refractivity contribution is 0.376. The molecule has 0 saturated heterocycles. The van der Waals surface area contributed by atoms with Gasteiger partial charge in [0.1, 0.15) is 0 Å². The number of H-pyrrole nitrogens is 1. The second-order valence-corrected chi connectivity index (χ2v) is 5.56. The summed E-state index contributed by atoms with van der Waals surface area (Å²) in [5, 5.41) is 10.9. The Kier molecular flexibility index (Phi) is 4.41. The molecule has 0 bridgehead atoms. The van der Waals surface area contributed by atoms with E-state index in [1.165, 1.54) is 11.8 Å². The zero-order chi connectivity index (χ0) is 13.8. The summed E-state index contributed by atoms with van der Waals surface area (Å²) in [5.74, 6) is 1.15. The number of rotatable bonds is 6. The van der Waals surface area contributed by atoms with Crippen LogP contribution in [0, 0.1) is 6.92 Å². The molecule has 1 atom stereocenters. The van der Waals surface area contributed by atoms with Crippen molar-refractivity contribution in [2.24, 2.45) is 0 Å². The standard InChI is InChI=1S/C11H17N5O2S/c1-4-5-6-16-10(17)13-14-11(16)19-7(2)9-12-8(3)15-18-9/h7H,4-6H2,1-3H3,(H,13,17)/t7-/m1/s1. The third-order valence-corrected chi connectivity index (χ3v) is 3.71. The van der Waals surface area contributed by atoms with Crippen LogP contribution in [-0.2, 0) is 6.54 Å². The van der Waals surface area contributed by atoms with Crippen molar-refractivity contribution in [2.75, 3.05) is 0 Å². The van der Waals surface area contributed by atoms with Crippen LogP contribution >= 0.6 is 11.8 Å². The molecule has 2 aromatic heterocycles. The lowest BCUT2D eigenvalue weighted by atomic mass is 10.3. The third-order valence-electron chi connectivity index (χ3n) is 2.63. The van der Waals surface area contributed by atoms with Crippen molar-refractivity contribution < 1.29 is 4.52 Å². The lowest BCUT2D eigenvalue weighted by Gasteiger charge is -2.07. The summed E-state index contributed by atoms with van der Waals surface area (Å²) in [6.45, 7) is 6.47. The van der Waals surface area contributed by atoms with Gasteiger partial charge in [0.25, 0.3) is 0 Å². The van der Waals surface area contributed by atoms with Crippen LogP contribution < -0.4 is 5.69 Å². The average molecular weight is 283 g/mol. The number of aromatic amines is 1. The molecule has 0 aliphatic rings. The predicted octanol–water partition coefficient (Wildman–Crippen LogP) is 1.92. The minimum atomic E-state index is -0.176. The van der Waals surface area contributed by atoms with Gasteiger partial charge in [0, 0.05) is 6.54 Å². The maximum Gasteiger partial charge on any atom is 0.343 e. The molecule has 0 aliphatic heterocycles. The second kappa shape index (κ2) is 6.05. The number of thioether (sulfide) groups is 1. The quantitative estimate of drug-likeness (QED) is 0.815. The smallest absolute Gasteiger partial charge is 0.338 e. The molecule has 2 heterocycles. The van der Waals surface area contributed by atoms with Gasteiger partial charge in [-0.05, 0) is 20.3 Å². The van der Waals surface area contributed by atoms with Gasteiger partial charge < -0.3 is 4.52 Å². The van der Waals surface area contributed by atoms with Crippen LogP contribution in [-0.4, -0.2) is 24.9 Å². The van der Waals surface area contributed by atoms with E-state index in [1.54, 1.807) is 11.5 Å². The van der Waals surface area contributed by atoms with Gasteiger partial charge in [-0.3, -0.25) is 4.57 Å². The summed E-state index contributed by atoms with van der Waals surface area (Å²) in [7, 11) is 0. The maximum atomic E-state index is 11.6. The van der Waals surface area contributed by atoms with Crippen LogP contribution in [0.5, 0.6) is 0 Å². The largest absolute Gasteiger partial charge is 0.343 e. The van der Waals surface area contributed by atoms with Gasteiger partial charge in [0.2, 0.25) is 5.89 Å². The number of nitrogens with zero attached hydrogens (tertiary/aromatic N) is 4. The Labute approximate surface area is 114 Å². The summed E-state index contributed by atoms with van der Waals surface area (Å²) in [5.41, 5.74) is -0.176. The van der Waals surface area contributed by atoms with Gasteiger partial charge in [-0.15, -0.1) is 5.10 Å². The first-order valence-corrected chi connectivity index (χ1v) is 7.11. The molecule has 0 spiro atoms. The van der Waals surface area contributed by atoms with E-state index in [9.17, 15) is 4.79 Å². The molecule has 0 fully saturated rings. The zero-order valence-corrected chi connectivity index (χ0v) is 12.0. The van der Waals surface area contributed by atoms with Gasteiger partial charge >= 0.3 is 5.69 Å². The highest BCUT2D eigenvalue weighted by atomic mass is 32.2. The highest BCUT2D eigenvalue weighted by molar-refractivity contribution is 7.99. The highest BCUT2D eigenvalue weighted by Crippen LogP contribution is 2.31. The molecule has 0 saturated carbocycles.